The molecule has 0 aliphatic heterocycles. The molecule has 2 nitrogen and oxygen atoms in total. The van der Waals surface area contributed by atoms with Gasteiger partial charge in [0.05, 0.1) is 0 Å². The van der Waals surface area contributed by atoms with Crippen molar-refractivity contribution in [2.24, 2.45) is 0 Å². The van der Waals surface area contributed by atoms with E-state index in [-0.39, 0.29) is 20.4 Å². The average Bonchev–Trinajstić information content (AvgIpc) is 2.80. The summed E-state index contributed by atoms with van der Waals surface area (Å²) in [4.78, 5) is 0. The van der Waals surface area contributed by atoms with Crippen LogP contribution in [0.15, 0.2) is 97.1 Å². The third-order valence-electron chi connectivity index (χ3n) is 4.38. The van der Waals surface area contributed by atoms with Gasteiger partial charge in [0, 0.05) is 0 Å². The van der Waals surface area contributed by atoms with Gasteiger partial charge in [-0.05, 0) is 25.5 Å². The molecule has 29 heavy (non-hydrogen) atoms. The van der Waals surface area contributed by atoms with E-state index in [0.29, 0.717) is 0 Å². The Hall–Kier alpha value is -2.86. The second-order valence-electron chi connectivity index (χ2n) is 6.15. The van der Waals surface area contributed by atoms with Crippen LogP contribution in [0.3, 0.4) is 0 Å². The van der Waals surface area contributed by atoms with E-state index < -0.39 is 0 Å². The molecule has 0 unspecified atom stereocenters. The summed E-state index contributed by atoms with van der Waals surface area (Å²) in [6, 6.07) is 39.0. The summed E-state index contributed by atoms with van der Waals surface area (Å²) in [5.41, 5.74) is 6.85. The molecule has 148 valence electrons. The topological polar surface area (TPSA) is 24.1 Å². The van der Waals surface area contributed by atoms with E-state index in [1.165, 1.54) is 11.1 Å². The van der Waals surface area contributed by atoms with E-state index in [1.807, 2.05) is 74.8 Å². The second kappa shape index (κ2) is 11.9. The largest absolute Gasteiger partial charge is 2.00 e. The molecule has 0 aromatic heterocycles. The van der Waals surface area contributed by atoms with Gasteiger partial charge in [0.25, 0.3) is 0 Å². The van der Waals surface area contributed by atoms with Gasteiger partial charge in [-0.3, -0.25) is 0 Å². The summed E-state index contributed by atoms with van der Waals surface area (Å²) in [7, 11) is 3.85. The SMILES string of the molecule is CNc1ccc[c-]c1-c1ccccc1.CNc1ccc[c-]c1-c1ccccc1.[Pd+2]. The molecule has 0 saturated carbocycles. The Bertz CT molecular complexity index is 902. The minimum atomic E-state index is 0. The molecule has 0 atom stereocenters. The zero-order valence-electron chi connectivity index (χ0n) is 16.6. The van der Waals surface area contributed by atoms with Crippen LogP contribution < -0.4 is 10.6 Å². The predicted octanol–water partition coefficient (Wildman–Crippen LogP) is 6.39. The summed E-state index contributed by atoms with van der Waals surface area (Å²) >= 11 is 0. The fourth-order valence-corrected chi connectivity index (χ4v) is 2.98. The van der Waals surface area contributed by atoms with Gasteiger partial charge >= 0.3 is 20.4 Å². The van der Waals surface area contributed by atoms with Crippen LogP contribution in [0, 0.1) is 12.1 Å². The smallest absolute Gasteiger partial charge is 0.426 e. The van der Waals surface area contributed by atoms with Crippen LogP contribution in [-0.2, 0) is 20.4 Å². The Morgan fingerprint density at radius 3 is 1.24 bits per heavy atom. The van der Waals surface area contributed by atoms with Crippen molar-refractivity contribution in [1.82, 2.24) is 0 Å². The minimum absolute atomic E-state index is 0. The molecule has 4 aromatic carbocycles. The molecule has 0 amide bonds. The van der Waals surface area contributed by atoms with Gasteiger partial charge in [0.15, 0.2) is 0 Å². The van der Waals surface area contributed by atoms with Crippen LogP contribution in [0.5, 0.6) is 0 Å². The first-order valence-corrected chi connectivity index (χ1v) is 9.31. The zero-order valence-corrected chi connectivity index (χ0v) is 18.1. The van der Waals surface area contributed by atoms with Crippen molar-refractivity contribution in [1.29, 1.82) is 0 Å². The van der Waals surface area contributed by atoms with Crippen molar-refractivity contribution in [3.63, 3.8) is 0 Å². The Morgan fingerprint density at radius 1 is 0.517 bits per heavy atom. The molecule has 0 heterocycles. The molecule has 4 rings (SSSR count). The number of nitrogens with one attached hydrogen (secondary N) is 2. The summed E-state index contributed by atoms with van der Waals surface area (Å²) in [5.74, 6) is 0. The quantitative estimate of drug-likeness (QED) is 0.267. The maximum Gasteiger partial charge on any atom is 2.00 e. The number of benzene rings is 4. The molecule has 0 radical (unpaired) electrons. The molecule has 0 saturated heterocycles. The first kappa shape index (κ1) is 22.4. The maximum atomic E-state index is 3.24. The molecule has 2 N–H and O–H groups in total. The Labute approximate surface area is 187 Å². The van der Waals surface area contributed by atoms with E-state index >= 15 is 0 Å². The first-order valence-electron chi connectivity index (χ1n) is 9.31. The van der Waals surface area contributed by atoms with Crippen molar-refractivity contribution >= 4 is 11.4 Å². The first-order chi connectivity index (χ1) is 13.8. The van der Waals surface area contributed by atoms with Gasteiger partial charge in [-0.1, -0.05) is 71.8 Å². The van der Waals surface area contributed by atoms with Crippen LogP contribution in [-0.4, -0.2) is 14.1 Å². The molecular weight excluding hydrogens is 447 g/mol. The van der Waals surface area contributed by atoms with Crippen molar-refractivity contribution in [3.8, 4) is 22.3 Å². The molecule has 0 spiro atoms. The van der Waals surface area contributed by atoms with Crippen LogP contribution in [0.4, 0.5) is 11.4 Å². The molecular formula is C26H24N2Pd. The Morgan fingerprint density at radius 2 is 0.897 bits per heavy atom. The third-order valence-corrected chi connectivity index (χ3v) is 4.38. The van der Waals surface area contributed by atoms with E-state index in [0.717, 1.165) is 22.5 Å². The number of hydrogen-bond donors (Lipinski definition) is 2. The van der Waals surface area contributed by atoms with Gasteiger partial charge in [-0.15, -0.1) is 59.7 Å². The average molecular weight is 471 g/mol. The van der Waals surface area contributed by atoms with E-state index in [4.69, 9.17) is 0 Å². The fourth-order valence-electron chi connectivity index (χ4n) is 2.98. The van der Waals surface area contributed by atoms with Crippen molar-refractivity contribution in [2.45, 2.75) is 0 Å². The number of anilines is 2. The molecule has 0 aliphatic carbocycles. The standard InChI is InChI=1S/2C13H12N.Pd/c2*1-14-13-10-6-5-9-12(13)11-7-3-2-4-8-11;/h2*2-8,10,14H,1H3;/q2*-1;+2. The van der Waals surface area contributed by atoms with Gasteiger partial charge < -0.3 is 10.6 Å². The normalized spacial score (nSPS) is 9.45. The summed E-state index contributed by atoms with van der Waals surface area (Å²) in [6.45, 7) is 0. The molecule has 4 aromatic rings. The van der Waals surface area contributed by atoms with Gasteiger partial charge in [0.2, 0.25) is 0 Å². The molecule has 0 aliphatic rings. The van der Waals surface area contributed by atoms with Crippen molar-refractivity contribution in [2.75, 3.05) is 24.7 Å². The molecule has 0 fully saturated rings. The van der Waals surface area contributed by atoms with Crippen LogP contribution in [0.2, 0.25) is 0 Å². The van der Waals surface area contributed by atoms with E-state index in [2.05, 4.69) is 59.2 Å². The van der Waals surface area contributed by atoms with Crippen molar-refractivity contribution < 1.29 is 20.4 Å². The van der Waals surface area contributed by atoms with Gasteiger partial charge in [-0.25, -0.2) is 0 Å². The van der Waals surface area contributed by atoms with E-state index in [9.17, 15) is 0 Å². The zero-order chi connectivity index (χ0) is 19.6. The second-order valence-corrected chi connectivity index (χ2v) is 6.15. The Balaban J connectivity index is 0.000000200. The monoisotopic (exact) mass is 470 g/mol. The van der Waals surface area contributed by atoms with Crippen molar-refractivity contribution in [3.05, 3.63) is 109 Å². The van der Waals surface area contributed by atoms with E-state index in [1.54, 1.807) is 0 Å². The number of hydrogen-bond acceptors (Lipinski definition) is 2. The van der Waals surface area contributed by atoms with Crippen LogP contribution in [0.25, 0.3) is 22.3 Å². The Kier molecular flexibility index (Phi) is 9.18. The predicted molar refractivity (Wildman–Crippen MR) is 121 cm³/mol. The summed E-state index contributed by atoms with van der Waals surface area (Å²) in [5, 5.41) is 6.33. The third kappa shape index (κ3) is 6.06. The molecule has 0 bridgehead atoms. The summed E-state index contributed by atoms with van der Waals surface area (Å²) < 4.78 is 0. The number of rotatable bonds is 4. The minimum Gasteiger partial charge on any atom is -0.426 e. The molecule has 3 heteroatoms. The van der Waals surface area contributed by atoms with Gasteiger partial charge in [0.1, 0.15) is 0 Å². The summed E-state index contributed by atoms with van der Waals surface area (Å²) in [6.07, 6.45) is 0. The van der Waals surface area contributed by atoms with Gasteiger partial charge in [-0.2, -0.15) is 0 Å². The maximum absolute atomic E-state index is 3.24. The van der Waals surface area contributed by atoms with Crippen LogP contribution in [0.1, 0.15) is 0 Å². The van der Waals surface area contributed by atoms with Crippen LogP contribution >= 0.6 is 0 Å². The fraction of sp³-hybridized carbons (Fsp3) is 0.0769.